The summed E-state index contributed by atoms with van der Waals surface area (Å²) in [7, 11) is -3.42. The standard InChI is InChI=1S/C26H47NO2S/c1-3-5-7-9-10-11-12-13-15-18-22-25(21-17-14-8-6-4-2)27-30(28,29)26-23-19-16-20-24-26/h16,19-20,23-25,27H,3-15,17-18,21-22H2,1-2H3. The van der Waals surface area contributed by atoms with Gasteiger partial charge in [0.15, 0.2) is 0 Å². The summed E-state index contributed by atoms with van der Waals surface area (Å²) in [4.78, 5) is 0.379. The van der Waals surface area contributed by atoms with E-state index in [1.54, 1.807) is 24.3 Å². The van der Waals surface area contributed by atoms with Crippen LogP contribution in [0.15, 0.2) is 35.2 Å². The van der Waals surface area contributed by atoms with Crippen molar-refractivity contribution in [2.75, 3.05) is 0 Å². The lowest BCUT2D eigenvalue weighted by atomic mass is 10.0. The lowest BCUT2D eigenvalue weighted by molar-refractivity contribution is 0.451. The Hall–Kier alpha value is -0.870. The molecule has 0 aliphatic rings. The van der Waals surface area contributed by atoms with Crippen LogP contribution >= 0.6 is 0 Å². The zero-order chi connectivity index (χ0) is 21.9. The molecule has 0 fully saturated rings. The first-order chi connectivity index (χ1) is 14.6. The molecule has 0 aliphatic heterocycles. The Morgan fingerprint density at radius 1 is 0.633 bits per heavy atom. The Kier molecular flexibility index (Phi) is 16.1. The second kappa shape index (κ2) is 17.8. The van der Waals surface area contributed by atoms with Crippen molar-refractivity contribution < 1.29 is 8.42 Å². The van der Waals surface area contributed by atoms with E-state index in [2.05, 4.69) is 18.6 Å². The fraction of sp³-hybridized carbons (Fsp3) is 0.769. The van der Waals surface area contributed by atoms with Gasteiger partial charge in [0.1, 0.15) is 0 Å². The molecule has 3 nitrogen and oxygen atoms in total. The molecule has 0 saturated carbocycles. The normalized spacial score (nSPS) is 12.9. The van der Waals surface area contributed by atoms with Crippen LogP contribution < -0.4 is 4.72 Å². The number of unbranched alkanes of at least 4 members (excludes halogenated alkanes) is 13. The first kappa shape index (κ1) is 27.2. The molecule has 30 heavy (non-hydrogen) atoms. The molecule has 0 saturated heterocycles. The van der Waals surface area contributed by atoms with Gasteiger partial charge in [-0.3, -0.25) is 0 Å². The fourth-order valence-electron chi connectivity index (χ4n) is 4.02. The summed E-state index contributed by atoms with van der Waals surface area (Å²) in [5, 5.41) is 0. The van der Waals surface area contributed by atoms with Crippen LogP contribution in [0, 0.1) is 0 Å². The summed E-state index contributed by atoms with van der Waals surface area (Å²) in [5.74, 6) is 0. The molecule has 1 atom stereocenters. The van der Waals surface area contributed by atoms with Crippen LogP contribution in [-0.2, 0) is 10.0 Å². The average Bonchev–Trinajstić information content (AvgIpc) is 2.75. The van der Waals surface area contributed by atoms with E-state index in [1.807, 2.05) is 6.07 Å². The summed E-state index contributed by atoms with van der Waals surface area (Å²) in [5.41, 5.74) is 0. The van der Waals surface area contributed by atoms with Crippen LogP contribution in [-0.4, -0.2) is 14.5 Å². The molecule has 0 spiro atoms. The van der Waals surface area contributed by atoms with Gasteiger partial charge in [-0.05, 0) is 25.0 Å². The van der Waals surface area contributed by atoms with Gasteiger partial charge < -0.3 is 0 Å². The molecule has 0 aromatic heterocycles. The molecule has 0 bridgehead atoms. The summed E-state index contributed by atoms with van der Waals surface area (Å²) in [6.45, 7) is 4.49. The number of hydrogen-bond donors (Lipinski definition) is 1. The Labute approximate surface area is 187 Å². The van der Waals surface area contributed by atoms with Gasteiger partial charge in [-0.2, -0.15) is 0 Å². The molecule has 1 N–H and O–H groups in total. The van der Waals surface area contributed by atoms with Crippen molar-refractivity contribution in [1.82, 2.24) is 4.72 Å². The highest BCUT2D eigenvalue weighted by molar-refractivity contribution is 7.89. The lowest BCUT2D eigenvalue weighted by Gasteiger charge is -2.19. The lowest BCUT2D eigenvalue weighted by Crippen LogP contribution is -2.34. The SMILES string of the molecule is CCCCCCCCCCCCC(CCCCCCC)NS(=O)(=O)c1ccccc1. The zero-order valence-electron chi connectivity index (χ0n) is 19.7. The van der Waals surface area contributed by atoms with Crippen molar-refractivity contribution in [2.24, 2.45) is 0 Å². The quantitative estimate of drug-likeness (QED) is 0.210. The van der Waals surface area contributed by atoms with Crippen molar-refractivity contribution >= 4 is 10.0 Å². The average molecular weight is 438 g/mol. The van der Waals surface area contributed by atoms with E-state index in [9.17, 15) is 8.42 Å². The van der Waals surface area contributed by atoms with Crippen LogP contribution in [0.2, 0.25) is 0 Å². The van der Waals surface area contributed by atoms with Crippen LogP contribution in [0.5, 0.6) is 0 Å². The minimum Gasteiger partial charge on any atom is -0.208 e. The van der Waals surface area contributed by atoms with E-state index >= 15 is 0 Å². The van der Waals surface area contributed by atoms with Crippen molar-refractivity contribution in [1.29, 1.82) is 0 Å². The first-order valence-corrected chi connectivity index (χ1v) is 14.2. The molecule has 4 heteroatoms. The third-order valence-electron chi connectivity index (χ3n) is 5.94. The number of rotatable bonds is 20. The highest BCUT2D eigenvalue weighted by Crippen LogP contribution is 2.17. The maximum Gasteiger partial charge on any atom is 0.240 e. The molecule has 0 radical (unpaired) electrons. The Balaban J connectivity index is 2.35. The molecule has 1 rings (SSSR count). The van der Waals surface area contributed by atoms with Gasteiger partial charge in [0.2, 0.25) is 10.0 Å². The number of benzene rings is 1. The van der Waals surface area contributed by atoms with Gasteiger partial charge >= 0.3 is 0 Å². The van der Waals surface area contributed by atoms with E-state index in [0.717, 1.165) is 25.7 Å². The largest absolute Gasteiger partial charge is 0.240 e. The fourth-order valence-corrected chi connectivity index (χ4v) is 5.35. The van der Waals surface area contributed by atoms with Crippen molar-refractivity contribution in [3.8, 4) is 0 Å². The molecule has 0 aliphatic carbocycles. The van der Waals surface area contributed by atoms with E-state index < -0.39 is 10.0 Å². The zero-order valence-corrected chi connectivity index (χ0v) is 20.5. The van der Waals surface area contributed by atoms with Crippen molar-refractivity contribution in [3.05, 3.63) is 30.3 Å². The van der Waals surface area contributed by atoms with Crippen LogP contribution in [0.25, 0.3) is 0 Å². The summed E-state index contributed by atoms with van der Waals surface area (Å²) in [6.07, 6.45) is 21.1. The summed E-state index contributed by atoms with van der Waals surface area (Å²) >= 11 is 0. The second-order valence-corrected chi connectivity index (χ2v) is 10.5. The first-order valence-electron chi connectivity index (χ1n) is 12.7. The van der Waals surface area contributed by atoms with Crippen molar-refractivity contribution in [3.63, 3.8) is 0 Å². The monoisotopic (exact) mass is 437 g/mol. The van der Waals surface area contributed by atoms with Crippen molar-refractivity contribution in [2.45, 2.75) is 134 Å². The predicted molar refractivity (Wildman–Crippen MR) is 130 cm³/mol. The summed E-state index contributed by atoms with van der Waals surface area (Å²) < 4.78 is 28.5. The van der Waals surface area contributed by atoms with Gasteiger partial charge in [0, 0.05) is 6.04 Å². The van der Waals surface area contributed by atoms with Crippen LogP contribution in [0.4, 0.5) is 0 Å². The van der Waals surface area contributed by atoms with E-state index in [4.69, 9.17) is 0 Å². The number of hydrogen-bond acceptors (Lipinski definition) is 2. The summed E-state index contributed by atoms with van der Waals surface area (Å²) in [6, 6.07) is 8.86. The molecular formula is C26H47NO2S. The van der Waals surface area contributed by atoms with Gasteiger partial charge in [-0.15, -0.1) is 0 Å². The third-order valence-corrected chi connectivity index (χ3v) is 7.47. The second-order valence-electron chi connectivity index (χ2n) is 8.80. The van der Waals surface area contributed by atoms with Gasteiger partial charge in [0.25, 0.3) is 0 Å². The minimum absolute atomic E-state index is 0.0610. The number of nitrogens with one attached hydrogen (secondary N) is 1. The van der Waals surface area contributed by atoms with E-state index in [1.165, 1.54) is 83.5 Å². The maximum absolute atomic E-state index is 12.7. The Morgan fingerprint density at radius 3 is 1.47 bits per heavy atom. The smallest absolute Gasteiger partial charge is 0.208 e. The minimum atomic E-state index is -3.42. The Morgan fingerprint density at radius 2 is 1.03 bits per heavy atom. The number of sulfonamides is 1. The molecule has 174 valence electrons. The highest BCUT2D eigenvalue weighted by Gasteiger charge is 2.19. The molecule has 0 amide bonds. The Bertz CT molecular complexity index is 601. The van der Waals surface area contributed by atoms with Gasteiger partial charge in [-0.25, -0.2) is 13.1 Å². The van der Waals surface area contributed by atoms with Gasteiger partial charge in [0.05, 0.1) is 4.90 Å². The van der Waals surface area contributed by atoms with Gasteiger partial charge in [-0.1, -0.05) is 128 Å². The van der Waals surface area contributed by atoms with Crippen LogP contribution in [0.1, 0.15) is 123 Å². The third kappa shape index (κ3) is 13.4. The molecule has 1 unspecified atom stereocenters. The highest BCUT2D eigenvalue weighted by atomic mass is 32.2. The predicted octanol–water partition coefficient (Wildman–Crippen LogP) is 8.01. The van der Waals surface area contributed by atoms with Crippen LogP contribution in [0.3, 0.4) is 0 Å². The van der Waals surface area contributed by atoms with E-state index in [-0.39, 0.29) is 6.04 Å². The molecule has 1 aromatic carbocycles. The molecule has 0 heterocycles. The topological polar surface area (TPSA) is 46.2 Å². The van der Waals surface area contributed by atoms with E-state index in [0.29, 0.717) is 4.90 Å². The molecule has 1 aromatic rings. The molecular weight excluding hydrogens is 390 g/mol. The maximum atomic E-state index is 12.7.